The number of piperidine rings is 1. The minimum absolute atomic E-state index is 0.796. The lowest BCUT2D eigenvalue weighted by molar-refractivity contribution is 0.0621. The van der Waals surface area contributed by atoms with Crippen LogP contribution in [0.5, 0.6) is 0 Å². The average Bonchev–Trinajstić information content (AvgIpc) is 2.27. The van der Waals surface area contributed by atoms with Crippen LogP contribution in [0, 0.1) is 11.8 Å². The maximum absolute atomic E-state index is 2.68. The van der Waals surface area contributed by atoms with Gasteiger partial charge in [-0.2, -0.15) is 0 Å². The molecule has 0 amide bonds. The molecule has 0 aromatic heterocycles. The Kier molecular flexibility index (Phi) is 4.26. The summed E-state index contributed by atoms with van der Waals surface area (Å²) in [6, 6.07) is 0.796. The van der Waals surface area contributed by atoms with E-state index in [0.717, 1.165) is 17.9 Å². The van der Waals surface area contributed by atoms with Gasteiger partial charge in [0.25, 0.3) is 0 Å². The molecule has 2 aliphatic rings. The van der Waals surface area contributed by atoms with E-state index in [-0.39, 0.29) is 0 Å². The summed E-state index contributed by atoms with van der Waals surface area (Å²) in [4.78, 5) is 5.32. The Morgan fingerprint density at radius 3 is 2.31 bits per heavy atom. The van der Waals surface area contributed by atoms with Gasteiger partial charge in [-0.3, -0.25) is 0 Å². The van der Waals surface area contributed by atoms with Crippen molar-refractivity contribution in [1.29, 1.82) is 0 Å². The predicted molar refractivity (Wildman–Crippen MR) is 69.7 cm³/mol. The van der Waals surface area contributed by atoms with E-state index in [0.29, 0.717) is 0 Å². The van der Waals surface area contributed by atoms with Crippen LogP contribution in [0.25, 0.3) is 0 Å². The van der Waals surface area contributed by atoms with Gasteiger partial charge in [-0.25, -0.2) is 0 Å². The van der Waals surface area contributed by atoms with Gasteiger partial charge in [0, 0.05) is 25.7 Å². The molecule has 0 spiro atoms. The van der Waals surface area contributed by atoms with E-state index in [1.165, 1.54) is 52.0 Å². The summed E-state index contributed by atoms with van der Waals surface area (Å²) in [7, 11) is 0. The molecule has 2 rings (SSSR count). The van der Waals surface area contributed by atoms with Gasteiger partial charge in [-0.15, -0.1) is 0 Å². The predicted octanol–water partition coefficient (Wildman–Crippen LogP) is 2.45. The Morgan fingerprint density at radius 2 is 1.81 bits per heavy atom. The van der Waals surface area contributed by atoms with E-state index >= 15 is 0 Å². The van der Waals surface area contributed by atoms with Crippen LogP contribution in [-0.2, 0) is 0 Å². The molecule has 2 fully saturated rings. The van der Waals surface area contributed by atoms with Crippen molar-refractivity contribution in [1.82, 2.24) is 9.80 Å². The second-order valence-electron chi connectivity index (χ2n) is 6.06. The summed E-state index contributed by atoms with van der Waals surface area (Å²) < 4.78 is 0. The van der Waals surface area contributed by atoms with Gasteiger partial charge >= 0.3 is 0 Å². The second kappa shape index (κ2) is 5.50. The molecule has 2 nitrogen and oxygen atoms in total. The molecule has 0 aromatic carbocycles. The first kappa shape index (κ1) is 12.4. The van der Waals surface area contributed by atoms with Crippen LogP contribution in [0.15, 0.2) is 0 Å². The summed E-state index contributed by atoms with van der Waals surface area (Å²) in [6.45, 7) is 13.8. The minimum Gasteiger partial charge on any atom is -0.302 e. The molecule has 16 heavy (non-hydrogen) atoms. The third kappa shape index (κ3) is 2.98. The monoisotopic (exact) mass is 224 g/mol. The first-order valence-electron chi connectivity index (χ1n) is 7.15. The molecule has 2 saturated heterocycles. The molecule has 0 bridgehead atoms. The highest BCUT2D eigenvalue weighted by molar-refractivity contribution is 4.82. The van der Waals surface area contributed by atoms with E-state index in [2.05, 4.69) is 30.6 Å². The van der Waals surface area contributed by atoms with E-state index in [1.54, 1.807) is 0 Å². The molecular formula is C14H28N2. The second-order valence-corrected chi connectivity index (χ2v) is 6.06. The number of likely N-dealkylation sites (tertiary alicyclic amines) is 2. The van der Waals surface area contributed by atoms with Crippen molar-refractivity contribution in [2.24, 2.45) is 11.8 Å². The Morgan fingerprint density at radius 1 is 1.19 bits per heavy atom. The number of nitrogens with zero attached hydrogens (tertiary/aromatic N) is 2. The van der Waals surface area contributed by atoms with Gasteiger partial charge in [-0.05, 0) is 51.1 Å². The maximum atomic E-state index is 2.68. The highest BCUT2D eigenvalue weighted by Crippen LogP contribution is 2.24. The average molecular weight is 224 g/mol. The van der Waals surface area contributed by atoms with Gasteiger partial charge in [0.05, 0.1) is 0 Å². The summed E-state index contributed by atoms with van der Waals surface area (Å²) in [5.74, 6) is 1.94. The van der Waals surface area contributed by atoms with E-state index in [1.807, 2.05) is 0 Å². The highest BCUT2D eigenvalue weighted by Gasteiger charge is 2.27. The van der Waals surface area contributed by atoms with Gasteiger partial charge < -0.3 is 9.80 Å². The normalized spacial score (nSPS) is 27.9. The first-order chi connectivity index (χ1) is 7.69. The minimum atomic E-state index is 0.796. The number of hydrogen-bond acceptors (Lipinski definition) is 2. The molecule has 2 aliphatic heterocycles. The molecule has 2 heteroatoms. The van der Waals surface area contributed by atoms with Crippen LogP contribution in [0.3, 0.4) is 0 Å². The van der Waals surface area contributed by atoms with E-state index in [4.69, 9.17) is 0 Å². The highest BCUT2D eigenvalue weighted by atomic mass is 15.2. The van der Waals surface area contributed by atoms with Gasteiger partial charge in [0.2, 0.25) is 0 Å². The first-order valence-corrected chi connectivity index (χ1v) is 7.15. The van der Waals surface area contributed by atoms with E-state index < -0.39 is 0 Å². The van der Waals surface area contributed by atoms with Crippen molar-refractivity contribution in [3.8, 4) is 0 Å². The molecule has 0 N–H and O–H groups in total. The number of hydrogen-bond donors (Lipinski definition) is 0. The smallest absolute Gasteiger partial charge is 0.00643 e. The molecule has 0 aliphatic carbocycles. The Labute approximate surface area is 101 Å². The largest absolute Gasteiger partial charge is 0.302 e. The van der Waals surface area contributed by atoms with Crippen molar-refractivity contribution in [3.05, 3.63) is 0 Å². The fourth-order valence-electron chi connectivity index (χ4n) is 3.18. The SMILES string of the molecule is CCC(C)N1CCC(CN2CC(C)C2)CC1. The lowest BCUT2D eigenvalue weighted by atomic mass is 9.92. The molecule has 0 saturated carbocycles. The van der Waals surface area contributed by atoms with Gasteiger partial charge in [-0.1, -0.05) is 13.8 Å². The lowest BCUT2D eigenvalue weighted by Gasteiger charge is -2.42. The fourth-order valence-corrected chi connectivity index (χ4v) is 3.18. The van der Waals surface area contributed by atoms with Crippen molar-refractivity contribution < 1.29 is 0 Å². The van der Waals surface area contributed by atoms with Crippen LogP contribution in [-0.4, -0.2) is 48.6 Å². The van der Waals surface area contributed by atoms with Crippen LogP contribution in [0.4, 0.5) is 0 Å². The van der Waals surface area contributed by atoms with Crippen molar-refractivity contribution >= 4 is 0 Å². The zero-order valence-electron chi connectivity index (χ0n) is 11.3. The zero-order chi connectivity index (χ0) is 11.5. The molecular weight excluding hydrogens is 196 g/mol. The molecule has 1 unspecified atom stereocenters. The van der Waals surface area contributed by atoms with Gasteiger partial charge in [0.1, 0.15) is 0 Å². The molecule has 2 heterocycles. The number of rotatable bonds is 4. The summed E-state index contributed by atoms with van der Waals surface area (Å²) >= 11 is 0. The third-order valence-corrected chi connectivity index (χ3v) is 4.52. The molecule has 1 atom stereocenters. The zero-order valence-corrected chi connectivity index (χ0v) is 11.3. The Bertz CT molecular complexity index is 203. The van der Waals surface area contributed by atoms with Crippen molar-refractivity contribution in [2.45, 2.75) is 46.1 Å². The van der Waals surface area contributed by atoms with E-state index in [9.17, 15) is 0 Å². The lowest BCUT2D eigenvalue weighted by Crippen LogP contribution is -2.49. The summed E-state index contributed by atoms with van der Waals surface area (Å²) in [5, 5.41) is 0. The van der Waals surface area contributed by atoms with Gasteiger partial charge in [0.15, 0.2) is 0 Å². The van der Waals surface area contributed by atoms with Crippen LogP contribution in [0.2, 0.25) is 0 Å². The summed E-state index contributed by atoms with van der Waals surface area (Å²) in [6.07, 6.45) is 4.15. The van der Waals surface area contributed by atoms with Crippen molar-refractivity contribution in [2.75, 3.05) is 32.7 Å². The third-order valence-electron chi connectivity index (χ3n) is 4.52. The maximum Gasteiger partial charge on any atom is 0.00643 e. The fraction of sp³-hybridized carbons (Fsp3) is 1.00. The Hall–Kier alpha value is -0.0800. The van der Waals surface area contributed by atoms with Crippen molar-refractivity contribution in [3.63, 3.8) is 0 Å². The van der Waals surface area contributed by atoms with Crippen LogP contribution in [0.1, 0.15) is 40.0 Å². The molecule has 0 radical (unpaired) electrons. The topological polar surface area (TPSA) is 6.48 Å². The summed E-state index contributed by atoms with van der Waals surface area (Å²) in [5.41, 5.74) is 0. The van der Waals surface area contributed by atoms with Crippen LogP contribution >= 0.6 is 0 Å². The quantitative estimate of drug-likeness (QED) is 0.724. The standard InChI is InChI=1S/C14H28N2/c1-4-13(3)16-7-5-14(6-8-16)11-15-9-12(2)10-15/h12-14H,4-11H2,1-3H3. The Balaban J connectivity index is 1.65. The van der Waals surface area contributed by atoms with Crippen LogP contribution < -0.4 is 0 Å². The molecule has 94 valence electrons. The molecule has 0 aromatic rings.